The van der Waals surface area contributed by atoms with Crippen LogP contribution < -0.4 is 22.9 Å². The fourth-order valence-electron chi connectivity index (χ4n) is 0.931. The Bertz CT molecular complexity index is 230. The van der Waals surface area contributed by atoms with Crippen molar-refractivity contribution in [1.29, 1.82) is 0 Å². The Morgan fingerprint density at radius 1 is 0.833 bits per heavy atom. The predicted molar refractivity (Wildman–Crippen MR) is 61.5 cm³/mol. The Balaban J connectivity index is 3.60. The molecular formula is C7H11IN4. The third kappa shape index (κ3) is 1.13. The van der Waals surface area contributed by atoms with Crippen molar-refractivity contribution in [3.05, 3.63) is 9.13 Å². The van der Waals surface area contributed by atoms with Gasteiger partial charge in [0.15, 0.2) is 0 Å². The topological polar surface area (TPSA) is 104 Å². The highest BCUT2D eigenvalue weighted by Gasteiger charge is 2.12. The first kappa shape index (κ1) is 9.24. The lowest BCUT2D eigenvalue weighted by Gasteiger charge is -2.12. The van der Waals surface area contributed by atoms with Crippen molar-refractivity contribution < 1.29 is 0 Å². The van der Waals surface area contributed by atoms with Gasteiger partial charge in [-0.3, -0.25) is 0 Å². The van der Waals surface area contributed by atoms with Crippen molar-refractivity contribution in [2.24, 2.45) is 0 Å². The molecule has 0 aliphatic rings. The summed E-state index contributed by atoms with van der Waals surface area (Å²) < 4.78 is 0.730. The molecule has 4 nitrogen and oxygen atoms in total. The van der Waals surface area contributed by atoms with Crippen LogP contribution in [0.4, 0.5) is 22.7 Å². The monoisotopic (exact) mass is 278 g/mol. The van der Waals surface area contributed by atoms with Crippen molar-refractivity contribution in [1.82, 2.24) is 0 Å². The minimum absolute atomic E-state index is 0.514. The summed E-state index contributed by atoms with van der Waals surface area (Å²) in [4.78, 5) is 0. The number of benzene rings is 1. The van der Waals surface area contributed by atoms with Crippen molar-refractivity contribution in [3.63, 3.8) is 0 Å². The number of hydrogen-bond donors (Lipinski definition) is 4. The average molecular weight is 278 g/mol. The van der Waals surface area contributed by atoms with Crippen LogP contribution in [-0.2, 0) is 0 Å². The van der Waals surface area contributed by atoms with Gasteiger partial charge in [-0.15, -0.1) is 0 Å². The average Bonchev–Trinajstić information content (AvgIpc) is 2.08. The van der Waals surface area contributed by atoms with Gasteiger partial charge in [0.25, 0.3) is 0 Å². The molecule has 1 rings (SSSR count). The van der Waals surface area contributed by atoms with Gasteiger partial charge < -0.3 is 22.9 Å². The fraction of sp³-hybridized carbons (Fsp3) is 0.143. The Labute approximate surface area is 84.4 Å². The molecule has 0 radical (unpaired) electrons. The first-order chi connectivity index (χ1) is 5.46. The van der Waals surface area contributed by atoms with Crippen molar-refractivity contribution in [2.75, 3.05) is 22.9 Å². The third-order valence-corrected chi connectivity index (χ3v) is 3.02. The summed E-state index contributed by atoms with van der Waals surface area (Å²) in [7, 11) is 0. The zero-order valence-corrected chi connectivity index (χ0v) is 8.84. The fourth-order valence-corrected chi connectivity index (χ4v) is 1.51. The van der Waals surface area contributed by atoms with Crippen LogP contribution in [0.15, 0.2) is 0 Å². The van der Waals surface area contributed by atoms with Crippen molar-refractivity contribution in [3.8, 4) is 0 Å². The van der Waals surface area contributed by atoms with Crippen LogP contribution in [0.5, 0.6) is 0 Å². The van der Waals surface area contributed by atoms with Crippen LogP contribution in [0.3, 0.4) is 0 Å². The molecule has 0 aliphatic heterocycles. The number of nitrogen functional groups attached to an aromatic ring is 4. The molecule has 5 heteroatoms. The zero-order valence-electron chi connectivity index (χ0n) is 6.69. The van der Waals surface area contributed by atoms with E-state index in [-0.39, 0.29) is 0 Å². The first-order valence-electron chi connectivity index (χ1n) is 3.34. The van der Waals surface area contributed by atoms with E-state index >= 15 is 0 Å². The van der Waals surface area contributed by atoms with E-state index in [1.165, 1.54) is 0 Å². The summed E-state index contributed by atoms with van der Waals surface area (Å²) >= 11 is 2.03. The van der Waals surface area contributed by atoms with Crippen LogP contribution in [0.25, 0.3) is 0 Å². The highest BCUT2D eigenvalue weighted by atomic mass is 127. The Morgan fingerprint density at radius 3 is 1.50 bits per heavy atom. The van der Waals surface area contributed by atoms with Gasteiger partial charge in [-0.1, -0.05) is 0 Å². The van der Waals surface area contributed by atoms with Gasteiger partial charge in [-0.05, 0) is 35.1 Å². The Morgan fingerprint density at radius 2 is 1.17 bits per heavy atom. The van der Waals surface area contributed by atoms with Gasteiger partial charge in [0.2, 0.25) is 0 Å². The molecule has 0 fully saturated rings. The third-order valence-electron chi connectivity index (χ3n) is 1.86. The second kappa shape index (κ2) is 2.89. The largest absolute Gasteiger partial charge is 0.397 e. The predicted octanol–water partition coefficient (Wildman–Crippen LogP) is 0.928. The molecule has 0 aliphatic carbocycles. The van der Waals surface area contributed by atoms with Gasteiger partial charge in [0.05, 0.1) is 26.3 Å². The maximum atomic E-state index is 5.69. The molecule has 1 aromatic carbocycles. The summed E-state index contributed by atoms with van der Waals surface area (Å²) in [5.41, 5.74) is 25.6. The van der Waals surface area contributed by atoms with Gasteiger partial charge >= 0.3 is 0 Å². The van der Waals surface area contributed by atoms with Crippen LogP contribution in [0.1, 0.15) is 5.56 Å². The van der Waals surface area contributed by atoms with E-state index in [2.05, 4.69) is 0 Å². The summed E-state index contributed by atoms with van der Waals surface area (Å²) in [5.74, 6) is 0. The second-order valence-electron chi connectivity index (χ2n) is 2.59. The van der Waals surface area contributed by atoms with Crippen molar-refractivity contribution in [2.45, 2.75) is 6.92 Å². The first-order valence-corrected chi connectivity index (χ1v) is 4.42. The van der Waals surface area contributed by atoms with Gasteiger partial charge in [0, 0.05) is 0 Å². The number of halogens is 1. The lowest BCUT2D eigenvalue weighted by atomic mass is 10.1. The molecular weight excluding hydrogens is 267 g/mol. The number of nitrogens with two attached hydrogens (primary N) is 4. The van der Waals surface area contributed by atoms with Crippen LogP contribution in [0, 0.1) is 10.5 Å². The molecule has 0 atom stereocenters. The van der Waals surface area contributed by atoms with Crippen LogP contribution >= 0.6 is 22.6 Å². The van der Waals surface area contributed by atoms with Gasteiger partial charge in [-0.2, -0.15) is 0 Å². The van der Waals surface area contributed by atoms with E-state index in [1.54, 1.807) is 6.92 Å². The maximum Gasteiger partial charge on any atom is 0.0708 e. The number of rotatable bonds is 0. The number of hydrogen-bond acceptors (Lipinski definition) is 4. The molecule has 0 amide bonds. The second-order valence-corrected chi connectivity index (χ2v) is 3.67. The molecule has 1 aromatic rings. The molecule has 66 valence electrons. The highest BCUT2D eigenvalue weighted by Crippen LogP contribution is 2.36. The molecule has 0 bridgehead atoms. The Hall–Kier alpha value is -0.850. The SMILES string of the molecule is Cc1c(N)c(N)c(I)c(N)c1N. The number of anilines is 4. The van der Waals surface area contributed by atoms with Gasteiger partial charge in [-0.25, -0.2) is 0 Å². The summed E-state index contributed by atoms with van der Waals surface area (Å²) in [6.45, 7) is 1.80. The van der Waals surface area contributed by atoms with E-state index in [1.807, 2.05) is 22.6 Å². The van der Waals surface area contributed by atoms with Crippen molar-refractivity contribution >= 4 is 45.3 Å². The van der Waals surface area contributed by atoms with Crippen LogP contribution in [-0.4, -0.2) is 0 Å². The molecule has 0 unspecified atom stereocenters. The van der Waals surface area contributed by atoms with Gasteiger partial charge in [0.1, 0.15) is 0 Å². The minimum Gasteiger partial charge on any atom is -0.397 e. The van der Waals surface area contributed by atoms with Crippen LogP contribution in [0.2, 0.25) is 0 Å². The molecule has 8 N–H and O–H groups in total. The standard InChI is InChI=1S/C7H11IN4/c1-2-4(9)6(11)3(8)7(12)5(2)10/h9-12H2,1H3. The van der Waals surface area contributed by atoms with E-state index in [4.69, 9.17) is 22.9 Å². The molecule has 0 heterocycles. The summed E-state index contributed by atoms with van der Waals surface area (Å²) in [5, 5.41) is 0. The van der Waals surface area contributed by atoms with E-state index in [9.17, 15) is 0 Å². The molecule has 0 saturated heterocycles. The quantitative estimate of drug-likeness (QED) is 0.418. The minimum atomic E-state index is 0.514. The molecule has 0 saturated carbocycles. The molecule has 0 aromatic heterocycles. The summed E-state index contributed by atoms with van der Waals surface area (Å²) in [6.07, 6.45) is 0. The normalized spacial score (nSPS) is 10.2. The lowest BCUT2D eigenvalue weighted by Crippen LogP contribution is -2.07. The Kier molecular flexibility index (Phi) is 2.22. The molecule has 0 spiro atoms. The van der Waals surface area contributed by atoms with E-state index in [0.29, 0.717) is 22.7 Å². The lowest BCUT2D eigenvalue weighted by molar-refractivity contribution is 1.45. The smallest absolute Gasteiger partial charge is 0.0708 e. The molecule has 12 heavy (non-hydrogen) atoms. The highest BCUT2D eigenvalue weighted by molar-refractivity contribution is 14.1. The summed E-state index contributed by atoms with van der Waals surface area (Å²) in [6, 6.07) is 0. The maximum absolute atomic E-state index is 5.69. The van der Waals surface area contributed by atoms with E-state index < -0.39 is 0 Å². The van der Waals surface area contributed by atoms with E-state index in [0.717, 1.165) is 9.13 Å². The zero-order chi connectivity index (χ0) is 9.46.